The summed E-state index contributed by atoms with van der Waals surface area (Å²) in [5, 5.41) is 3.02. The molecule has 2 aromatic carbocycles. The summed E-state index contributed by atoms with van der Waals surface area (Å²) < 4.78 is 23.3. The molecule has 0 aromatic heterocycles. The maximum Gasteiger partial charge on any atom is 0.303 e. The number of halogens is 1. The van der Waals surface area contributed by atoms with E-state index in [0.717, 1.165) is 47.2 Å². The highest BCUT2D eigenvalue weighted by atomic mass is 19.1. The second kappa shape index (κ2) is 17.0. The third-order valence-corrected chi connectivity index (χ3v) is 6.04. The van der Waals surface area contributed by atoms with Gasteiger partial charge in [-0.05, 0) is 61.2 Å². The van der Waals surface area contributed by atoms with Crippen molar-refractivity contribution in [3.63, 3.8) is 0 Å². The lowest BCUT2D eigenvalue weighted by Gasteiger charge is -2.35. The smallest absolute Gasteiger partial charge is 0.303 e. The minimum Gasteiger partial charge on any atom is -0.459 e. The van der Waals surface area contributed by atoms with Crippen molar-refractivity contribution < 1.29 is 18.7 Å². The molecule has 1 fully saturated rings. The maximum atomic E-state index is 12.8. The number of carbonyl (C=O) groups excluding carboxylic acids is 1. The van der Waals surface area contributed by atoms with Crippen molar-refractivity contribution in [2.75, 3.05) is 31.3 Å². The molecule has 0 amide bonds. The van der Waals surface area contributed by atoms with Crippen molar-refractivity contribution in [1.82, 2.24) is 0 Å². The van der Waals surface area contributed by atoms with Gasteiger partial charge < -0.3 is 20.5 Å². The van der Waals surface area contributed by atoms with Crippen LogP contribution in [0.25, 0.3) is 11.1 Å². The number of esters is 1. The molecule has 1 saturated heterocycles. The van der Waals surface area contributed by atoms with E-state index in [1.807, 2.05) is 70.3 Å². The molecule has 3 N–H and O–H groups in total. The van der Waals surface area contributed by atoms with E-state index in [4.69, 9.17) is 15.2 Å². The van der Waals surface area contributed by atoms with Crippen molar-refractivity contribution >= 4 is 17.3 Å². The highest BCUT2D eigenvalue weighted by Gasteiger charge is 2.33. The van der Waals surface area contributed by atoms with Gasteiger partial charge in [-0.3, -0.25) is 4.79 Å². The zero-order valence-electron chi connectivity index (χ0n) is 23.5. The van der Waals surface area contributed by atoms with Crippen molar-refractivity contribution in [2.45, 2.75) is 52.6 Å². The number of nitrogens with one attached hydrogen (secondary N) is 1. The molecule has 2 aromatic rings. The van der Waals surface area contributed by atoms with Gasteiger partial charge in [-0.15, -0.1) is 0 Å². The average Bonchev–Trinajstić information content (AvgIpc) is 2.91. The summed E-state index contributed by atoms with van der Waals surface area (Å²) in [5.74, 6) is -0.410. The summed E-state index contributed by atoms with van der Waals surface area (Å²) in [4.78, 5) is 10.8. The standard InChI is InChI=1S/C13H13FN2.C10H14.C9H16O3/c1-16-13-8-10(4-7-12(13)15)9-2-5-11(14)6-3-9;1-5-10(6-2)8-7-9(3)4;1-3-9(12-8(2)10)4-6-11-7-5-9/h2-8,16H,15H2,1H3;5-8H,1,3H2,2,4H3;3-7H2,1-2H3/b;8-7-,10-6-;. The van der Waals surface area contributed by atoms with Gasteiger partial charge in [0.05, 0.1) is 24.6 Å². The SMILES string of the molecule is C=CC(/C=C\C(=C)C)=C/C.CCC1(OC(C)=O)CCOCC1.CNc1cc(-c2ccc(F)cc2)ccc1N. The molecule has 5 nitrogen and oxygen atoms in total. The van der Waals surface area contributed by atoms with Crippen LogP contribution in [0.5, 0.6) is 0 Å². The van der Waals surface area contributed by atoms with E-state index in [-0.39, 0.29) is 17.4 Å². The average molecular weight is 523 g/mol. The van der Waals surface area contributed by atoms with Crippen LogP contribution in [-0.2, 0) is 14.3 Å². The number of allylic oxidation sites excluding steroid dienone is 6. The van der Waals surface area contributed by atoms with E-state index in [1.54, 1.807) is 12.1 Å². The molecule has 38 heavy (non-hydrogen) atoms. The Balaban J connectivity index is 0.000000296. The fraction of sp³-hybridized carbons (Fsp3) is 0.344. The summed E-state index contributed by atoms with van der Waals surface area (Å²) in [6, 6.07) is 12.1. The normalized spacial score (nSPS) is 14.3. The molecule has 6 heteroatoms. The zero-order chi connectivity index (χ0) is 28.6. The van der Waals surface area contributed by atoms with Gasteiger partial charge in [0.15, 0.2) is 0 Å². The van der Waals surface area contributed by atoms with Gasteiger partial charge in [0, 0.05) is 26.8 Å². The minimum absolute atomic E-state index is 0.182. The quantitative estimate of drug-likeness (QED) is 0.220. The Morgan fingerprint density at radius 3 is 2.21 bits per heavy atom. The summed E-state index contributed by atoms with van der Waals surface area (Å²) in [6.07, 6.45) is 10.3. The monoisotopic (exact) mass is 522 g/mol. The van der Waals surface area contributed by atoms with Gasteiger partial charge in [0.1, 0.15) is 11.4 Å². The van der Waals surface area contributed by atoms with Gasteiger partial charge in [-0.25, -0.2) is 4.39 Å². The van der Waals surface area contributed by atoms with Crippen LogP contribution in [0.4, 0.5) is 15.8 Å². The van der Waals surface area contributed by atoms with Gasteiger partial charge in [0.2, 0.25) is 0 Å². The molecule has 206 valence electrons. The Labute approximate surface area is 227 Å². The Bertz CT molecular complexity index is 1100. The lowest BCUT2D eigenvalue weighted by atomic mass is 9.91. The van der Waals surface area contributed by atoms with Crippen molar-refractivity contribution in [2.24, 2.45) is 0 Å². The van der Waals surface area contributed by atoms with E-state index < -0.39 is 0 Å². The highest BCUT2D eigenvalue weighted by Crippen LogP contribution is 2.29. The minimum atomic E-state index is -0.232. The van der Waals surface area contributed by atoms with E-state index in [0.29, 0.717) is 18.9 Å². The number of nitrogens with two attached hydrogens (primary N) is 1. The molecule has 0 atom stereocenters. The molecular formula is C32H43FN2O3. The number of nitrogen functional groups attached to an aromatic ring is 1. The lowest BCUT2D eigenvalue weighted by Crippen LogP contribution is -2.39. The fourth-order valence-electron chi connectivity index (χ4n) is 3.69. The Morgan fingerprint density at radius 2 is 1.74 bits per heavy atom. The van der Waals surface area contributed by atoms with E-state index in [2.05, 4.69) is 18.5 Å². The Kier molecular flexibility index (Phi) is 14.5. The van der Waals surface area contributed by atoms with Gasteiger partial charge in [-0.2, -0.15) is 0 Å². The van der Waals surface area contributed by atoms with Gasteiger partial charge in [-0.1, -0.05) is 68.2 Å². The van der Waals surface area contributed by atoms with Crippen LogP contribution in [0, 0.1) is 5.82 Å². The van der Waals surface area contributed by atoms with Crippen LogP contribution in [0.2, 0.25) is 0 Å². The summed E-state index contributed by atoms with van der Waals surface area (Å²) in [7, 11) is 1.82. The fourth-order valence-corrected chi connectivity index (χ4v) is 3.69. The first-order valence-electron chi connectivity index (χ1n) is 12.8. The van der Waals surface area contributed by atoms with E-state index in [1.165, 1.54) is 19.1 Å². The number of ether oxygens (including phenoxy) is 2. The summed E-state index contributed by atoms with van der Waals surface area (Å²) >= 11 is 0. The highest BCUT2D eigenvalue weighted by molar-refractivity contribution is 5.75. The van der Waals surface area contributed by atoms with Crippen molar-refractivity contribution in [3.05, 3.63) is 96.9 Å². The van der Waals surface area contributed by atoms with E-state index in [9.17, 15) is 9.18 Å². The first kappa shape index (κ1) is 32.4. The lowest BCUT2D eigenvalue weighted by molar-refractivity contribution is -0.167. The molecule has 3 rings (SSSR count). The number of hydrogen-bond donors (Lipinski definition) is 2. The van der Waals surface area contributed by atoms with Crippen LogP contribution < -0.4 is 11.1 Å². The zero-order valence-corrected chi connectivity index (χ0v) is 23.5. The summed E-state index contributed by atoms with van der Waals surface area (Å²) in [6.45, 7) is 16.3. The Morgan fingerprint density at radius 1 is 1.13 bits per heavy atom. The number of rotatable bonds is 7. The topological polar surface area (TPSA) is 73.6 Å². The second-order valence-electron chi connectivity index (χ2n) is 8.97. The maximum absolute atomic E-state index is 12.8. The molecule has 0 radical (unpaired) electrons. The van der Waals surface area contributed by atoms with Crippen LogP contribution in [-0.4, -0.2) is 31.8 Å². The van der Waals surface area contributed by atoms with Crippen molar-refractivity contribution in [3.8, 4) is 11.1 Å². The molecule has 1 aliphatic heterocycles. The number of benzene rings is 2. The van der Waals surface area contributed by atoms with Crippen LogP contribution in [0.1, 0.15) is 47.0 Å². The van der Waals surface area contributed by atoms with Gasteiger partial charge in [0.25, 0.3) is 0 Å². The number of carbonyl (C=O) groups is 1. The number of hydrogen-bond acceptors (Lipinski definition) is 5. The molecule has 0 bridgehead atoms. The summed E-state index contributed by atoms with van der Waals surface area (Å²) in [5.41, 5.74) is 11.3. The molecule has 1 heterocycles. The first-order chi connectivity index (χ1) is 18.1. The molecule has 0 spiro atoms. The predicted octanol–water partition coefficient (Wildman–Crippen LogP) is 7.88. The molecule has 0 aliphatic carbocycles. The van der Waals surface area contributed by atoms with Gasteiger partial charge >= 0.3 is 5.97 Å². The van der Waals surface area contributed by atoms with Crippen LogP contribution >= 0.6 is 0 Å². The van der Waals surface area contributed by atoms with Crippen LogP contribution in [0.15, 0.2) is 91.1 Å². The third-order valence-electron chi connectivity index (χ3n) is 6.04. The Hall–Kier alpha value is -3.64. The molecule has 0 saturated carbocycles. The van der Waals surface area contributed by atoms with E-state index >= 15 is 0 Å². The van der Waals surface area contributed by atoms with Crippen molar-refractivity contribution in [1.29, 1.82) is 0 Å². The van der Waals surface area contributed by atoms with Crippen LogP contribution in [0.3, 0.4) is 0 Å². The molecule has 1 aliphatic rings. The largest absolute Gasteiger partial charge is 0.459 e. The molecule has 0 unspecified atom stereocenters. The second-order valence-corrected chi connectivity index (χ2v) is 8.97. The number of anilines is 2. The third kappa shape index (κ3) is 11.6. The predicted molar refractivity (Wildman–Crippen MR) is 159 cm³/mol. The first-order valence-corrected chi connectivity index (χ1v) is 12.8. The molecular weight excluding hydrogens is 479 g/mol.